The van der Waals surface area contributed by atoms with Crippen molar-refractivity contribution in [3.63, 3.8) is 0 Å². The molecule has 0 N–H and O–H groups in total. The third-order valence-corrected chi connectivity index (χ3v) is 4.66. The molecule has 6 heteroatoms. The maximum Gasteiger partial charge on any atom is 0.270 e. The van der Waals surface area contributed by atoms with Crippen LogP contribution in [-0.4, -0.2) is 10.2 Å². The first-order valence-corrected chi connectivity index (χ1v) is 7.98. The van der Waals surface area contributed by atoms with Crippen LogP contribution in [0.3, 0.4) is 0 Å². The average molecular weight is 347 g/mol. The molecule has 23 heavy (non-hydrogen) atoms. The van der Waals surface area contributed by atoms with Crippen molar-refractivity contribution >= 4 is 46.0 Å². The summed E-state index contributed by atoms with van der Waals surface area (Å²) in [5.74, 6) is -0.939. The fourth-order valence-corrected chi connectivity index (χ4v) is 3.49. The summed E-state index contributed by atoms with van der Waals surface area (Å²) >= 11 is 6.41. The third-order valence-electron chi connectivity index (χ3n) is 3.36. The molecule has 2 nitrogen and oxygen atoms in total. The van der Waals surface area contributed by atoms with Crippen molar-refractivity contribution < 1.29 is 13.6 Å². The lowest BCUT2D eigenvalue weighted by Gasteiger charge is -2.14. The van der Waals surface area contributed by atoms with E-state index in [-0.39, 0.29) is 17.5 Å². The van der Waals surface area contributed by atoms with Crippen LogP contribution < -0.4 is 4.90 Å². The van der Waals surface area contributed by atoms with Crippen molar-refractivity contribution in [2.45, 2.75) is 6.92 Å². The van der Waals surface area contributed by atoms with Crippen molar-refractivity contribution in [3.8, 4) is 0 Å². The van der Waals surface area contributed by atoms with Gasteiger partial charge in [0, 0.05) is 0 Å². The first-order chi connectivity index (χ1) is 11.0. The number of hydrogen-bond donors (Lipinski definition) is 0. The zero-order chi connectivity index (χ0) is 16.6. The summed E-state index contributed by atoms with van der Waals surface area (Å²) in [5, 5.41) is 0. The molecule has 0 unspecified atom stereocenters. The fraction of sp³-hybridized carbons (Fsp3) is 0.0588. The van der Waals surface area contributed by atoms with Crippen LogP contribution >= 0.6 is 24.0 Å². The molecule has 1 amide bonds. The summed E-state index contributed by atoms with van der Waals surface area (Å²) < 4.78 is 26.7. The van der Waals surface area contributed by atoms with Crippen molar-refractivity contribution in [2.75, 3.05) is 4.90 Å². The van der Waals surface area contributed by atoms with Crippen LogP contribution in [0.4, 0.5) is 14.5 Å². The Morgan fingerprint density at radius 2 is 1.83 bits per heavy atom. The fourth-order valence-electron chi connectivity index (χ4n) is 2.19. The van der Waals surface area contributed by atoms with Crippen LogP contribution in [0.5, 0.6) is 0 Å². The minimum Gasteiger partial charge on any atom is -0.268 e. The number of aryl methyl sites for hydroxylation is 1. The zero-order valence-corrected chi connectivity index (χ0v) is 13.7. The van der Waals surface area contributed by atoms with Gasteiger partial charge in [-0.05, 0) is 60.5 Å². The van der Waals surface area contributed by atoms with Crippen LogP contribution in [0.1, 0.15) is 11.1 Å². The molecule has 1 aliphatic heterocycles. The van der Waals surface area contributed by atoms with Crippen LogP contribution in [-0.2, 0) is 4.79 Å². The van der Waals surface area contributed by atoms with E-state index in [4.69, 9.17) is 12.2 Å². The smallest absolute Gasteiger partial charge is 0.268 e. The van der Waals surface area contributed by atoms with E-state index in [1.807, 2.05) is 0 Å². The summed E-state index contributed by atoms with van der Waals surface area (Å²) in [6, 6.07) is 10.2. The van der Waals surface area contributed by atoms with Gasteiger partial charge in [0.25, 0.3) is 5.91 Å². The van der Waals surface area contributed by atoms with E-state index in [1.54, 1.807) is 25.1 Å². The summed E-state index contributed by atoms with van der Waals surface area (Å²) in [6.45, 7) is 1.66. The summed E-state index contributed by atoms with van der Waals surface area (Å²) in [6.07, 6.45) is 1.68. The molecule has 0 atom stereocenters. The molecule has 0 saturated carbocycles. The molecule has 1 fully saturated rings. The van der Waals surface area contributed by atoms with Gasteiger partial charge in [-0.3, -0.25) is 9.69 Å². The van der Waals surface area contributed by atoms with Crippen LogP contribution in [0, 0.1) is 18.6 Å². The number of rotatable bonds is 2. The predicted octanol–water partition coefficient (Wildman–Crippen LogP) is 4.68. The quantitative estimate of drug-likeness (QED) is 0.581. The number of carbonyl (C=O) groups excluding carboxylic acids is 1. The highest BCUT2D eigenvalue weighted by Gasteiger charge is 2.33. The molecule has 3 rings (SSSR count). The molecule has 1 heterocycles. The number of amides is 1. The molecule has 0 bridgehead atoms. The van der Waals surface area contributed by atoms with Crippen molar-refractivity contribution in [1.29, 1.82) is 0 Å². The molecule has 0 aliphatic carbocycles. The van der Waals surface area contributed by atoms with Crippen molar-refractivity contribution in [2.24, 2.45) is 0 Å². The van der Waals surface area contributed by atoms with Crippen molar-refractivity contribution in [3.05, 3.63) is 70.1 Å². The Hall–Kier alpha value is -2.05. The number of thioether (sulfide) groups is 1. The van der Waals surface area contributed by atoms with Gasteiger partial charge in [0.2, 0.25) is 0 Å². The van der Waals surface area contributed by atoms with Crippen LogP contribution in [0.25, 0.3) is 6.08 Å². The number of halogens is 2. The van der Waals surface area contributed by atoms with Gasteiger partial charge < -0.3 is 0 Å². The standard InChI is InChI=1S/C17H11F2NOS2/c1-10-8-11(2-7-14(10)19)9-15-16(21)20(17(22)23-15)13-5-3-12(18)4-6-13/h2-9H,1H3/b15-9-. The van der Waals surface area contributed by atoms with Gasteiger partial charge in [-0.1, -0.05) is 30.0 Å². The Labute approximate surface area is 141 Å². The highest BCUT2D eigenvalue weighted by molar-refractivity contribution is 8.27. The van der Waals surface area contributed by atoms with Gasteiger partial charge >= 0.3 is 0 Å². The Balaban J connectivity index is 1.92. The van der Waals surface area contributed by atoms with Gasteiger partial charge in [-0.2, -0.15) is 0 Å². The maximum absolute atomic E-state index is 13.3. The van der Waals surface area contributed by atoms with Gasteiger partial charge in [-0.25, -0.2) is 8.78 Å². The molecule has 0 aromatic heterocycles. The minimum absolute atomic E-state index is 0.270. The summed E-state index contributed by atoms with van der Waals surface area (Å²) in [4.78, 5) is 14.4. The molecular weight excluding hydrogens is 336 g/mol. The highest BCUT2D eigenvalue weighted by atomic mass is 32.2. The first kappa shape index (κ1) is 15.8. The number of nitrogens with zero attached hydrogens (tertiary/aromatic N) is 1. The lowest BCUT2D eigenvalue weighted by Crippen LogP contribution is -2.27. The topological polar surface area (TPSA) is 20.3 Å². The molecule has 1 saturated heterocycles. The minimum atomic E-state index is -0.378. The molecule has 2 aromatic carbocycles. The maximum atomic E-state index is 13.3. The normalized spacial score (nSPS) is 16.5. The molecule has 0 radical (unpaired) electrons. The number of carbonyl (C=O) groups is 1. The van der Waals surface area contributed by atoms with Gasteiger partial charge in [0.1, 0.15) is 11.6 Å². The second-order valence-electron chi connectivity index (χ2n) is 5.00. The van der Waals surface area contributed by atoms with Gasteiger partial charge in [0.15, 0.2) is 4.32 Å². The zero-order valence-electron chi connectivity index (χ0n) is 12.0. The van der Waals surface area contributed by atoms with Gasteiger partial charge in [-0.15, -0.1) is 0 Å². The number of benzene rings is 2. The van der Waals surface area contributed by atoms with E-state index >= 15 is 0 Å². The molecule has 116 valence electrons. The Kier molecular flexibility index (Phi) is 4.28. The van der Waals surface area contributed by atoms with E-state index in [2.05, 4.69) is 0 Å². The SMILES string of the molecule is Cc1cc(/C=C2\SC(=S)N(c3ccc(F)cc3)C2=O)ccc1F. The summed E-state index contributed by atoms with van der Waals surface area (Å²) in [7, 11) is 0. The van der Waals surface area contributed by atoms with E-state index in [9.17, 15) is 13.6 Å². The number of anilines is 1. The Bertz CT molecular complexity index is 831. The average Bonchev–Trinajstić information content (AvgIpc) is 2.79. The van der Waals surface area contributed by atoms with E-state index in [0.717, 1.165) is 5.56 Å². The lowest BCUT2D eigenvalue weighted by molar-refractivity contribution is -0.113. The van der Waals surface area contributed by atoms with Crippen LogP contribution in [0.2, 0.25) is 0 Å². The molecule has 2 aromatic rings. The largest absolute Gasteiger partial charge is 0.270 e. The molecule has 1 aliphatic rings. The van der Waals surface area contributed by atoms with E-state index in [1.165, 1.54) is 47.0 Å². The lowest BCUT2D eigenvalue weighted by atomic mass is 10.1. The highest BCUT2D eigenvalue weighted by Crippen LogP contribution is 2.36. The third kappa shape index (κ3) is 3.18. The second-order valence-corrected chi connectivity index (χ2v) is 6.68. The second kappa shape index (κ2) is 6.22. The van der Waals surface area contributed by atoms with Gasteiger partial charge in [0.05, 0.1) is 10.6 Å². The summed E-state index contributed by atoms with van der Waals surface area (Å²) in [5.41, 5.74) is 1.75. The Morgan fingerprint density at radius 1 is 1.13 bits per heavy atom. The van der Waals surface area contributed by atoms with E-state index < -0.39 is 0 Å². The number of thiocarbonyl (C=S) groups is 1. The monoisotopic (exact) mass is 347 g/mol. The van der Waals surface area contributed by atoms with Crippen molar-refractivity contribution in [1.82, 2.24) is 0 Å². The molecule has 0 spiro atoms. The molecular formula is C17H11F2NOS2. The van der Waals surface area contributed by atoms with E-state index in [0.29, 0.717) is 20.5 Å². The number of hydrogen-bond acceptors (Lipinski definition) is 3. The Morgan fingerprint density at radius 3 is 2.48 bits per heavy atom. The first-order valence-electron chi connectivity index (χ1n) is 6.75. The predicted molar refractivity (Wildman–Crippen MR) is 93.2 cm³/mol. The van der Waals surface area contributed by atoms with Crippen LogP contribution in [0.15, 0.2) is 47.4 Å².